The van der Waals surface area contributed by atoms with Gasteiger partial charge in [0.25, 0.3) is 0 Å². The lowest BCUT2D eigenvalue weighted by atomic mass is 9.94. The van der Waals surface area contributed by atoms with Gasteiger partial charge in [-0.1, -0.05) is 30.9 Å². The zero-order valence-corrected chi connectivity index (χ0v) is 13.0. The first-order valence-electron chi connectivity index (χ1n) is 7.52. The fourth-order valence-corrected chi connectivity index (χ4v) is 3.23. The lowest BCUT2D eigenvalue weighted by Crippen LogP contribution is -2.41. The molecule has 2 amide bonds. The van der Waals surface area contributed by atoms with Gasteiger partial charge in [0.15, 0.2) is 0 Å². The first-order valence-corrected chi connectivity index (χ1v) is 7.90. The maximum atomic E-state index is 12.1. The minimum absolute atomic E-state index is 0.185. The lowest BCUT2D eigenvalue weighted by Gasteiger charge is -2.32. The summed E-state index contributed by atoms with van der Waals surface area (Å²) in [7, 11) is 2.06. The fraction of sp³-hybridized carbons (Fsp3) is 0.500. The zero-order valence-electron chi connectivity index (χ0n) is 12.3. The van der Waals surface area contributed by atoms with Crippen molar-refractivity contribution in [3.8, 4) is 0 Å². The first kappa shape index (κ1) is 14.4. The number of benzene rings is 1. The van der Waals surface area contributed by atoms with Crippen LogP contribution in [0.3, 0.4) is 0 Å². The minimum Gasteiger partial charge on any atom is -0.358 e. The molecule has 21 heavy (non-hydrogen) atoms. The molecule has 1 fully saturated rings. The highest BCUT2D eigenvalue weighted by Crippen LogP contribution is 2.25. The minimum atomic E-state index is -0.185. The SMILES string of the molecule is CN(C1=NC(=O)N(c2ccc(Cl)cc2)C1)C1CCCCC1. The second-order valence-electron chi connectivity index (χ2n) is 5.78. The molecular weight excluding hydrogens is 286 g/mol. The van der Waals surface area contributed by atoms with Crippen molar-refractivity contribution in [1.29, 1.82) is 0 Å². The monoisotopic (exact) mass is 305 g/mol. The van der Waals surface area contributed by atoms with Crippen LogP contribution in [0.5, 0.6) is 0 Å². The van der Waals surface area contributed by atoms with Crippen LogP contribution in [-0.4, -0.2) is 36.4 Å². The summed E-state index contributed by atoms with van der Waals surface area (Å²) in [5.41, 5.74) is 0.847. The highest BCUT2D eigenvalue weighted by molar-refractivity contribution is 6.30. The molecule has 1 aromatic carbocycles. The van der Waals surface area contributed by atoms with E-state index in [1.807, 2.05) is 12.1 Å². The van der Waals surface area contributed by atoms with Crippen molar-refractivity contribution < 1.29 is 4.79 Å². The molecule has 0 unspecified atom stereocenters. The van der Waals surface area contributed by atoms with Gasteiger partial charge >= 0.3 is 6.03 Å². The van der Waals surface area contributed by atoms with Gasteiger partial charge in [-0.25, -0.2) is 4.79 Å². The molecular formula is C16H20ClN3O. The summed E-state index contributed by atoms with van der Waals surface area (Å²) >= 11 is 5.90. The molecule has 1 aliphatic heterocycles. The zero-order chi connectivity index (χ0) is 14.8. The second-order valence-corrected chi connectivity index (χ2v) is 6.21. The van der Waals surface area contributed by atoms with Crippen LogP contribution >= 0.6 is 11.6 Å². The molecule has 2 aliphatic rings. The largest absolute Gasteiger partial charge is 0.358 e. The van der Waals surface area contributed by atoms with Crippen molar-refractivity contribution in [3.63, 3.8) is 0 Å². The number of carbonyl (C=O) groups excluding carboxylic acids is 1. The van der Waals surface area contributed by atoms with Crippen molar-refractivity contribution in [2.24, 2.45) is 4.99 Å². The number of halogens is 1. The smallest absolute Gasteiger partial charge is 0.350 e. The third-order valence-corrected chi connectivity index (χ3v) is 4.67. The number of amides is 2. The van der Waals surface area contributed by atoms with E-state index in [0.717, 1.165) is 11.5 Å². The number of urea groups is 1. The van der Waals surface area contributed by atoms with Crippen molar-refractivity contribution in [1.82, 2.24) is 4.90 Å². The Morgan fingerprint density at radius 2 is 1.86 bits per heavy atom. The maximum Gasteiger partial charge on any atom is 0.350 e. The molecule has 0 aromatic heterocycles. The first-order chi connectivity index (χ1) is 10.1. The van der Waals surface area contributed by atoms with Gasteiger partial charge in [0.1, 0.15) is 5.84 Å². The highest BCUT2D eigenvalue weighted by Gasteiger charge is 2.30. The number of hydrogen-bond acceptors (Lipinski definition) is 2. The molecule has 0 radical (unpaired) electrons. The number of likely N-dealkylation sites (N-methyl/N-ethyl adjacent to an activating group) is 1. The molecule has 1 aliphatic carbocycles. The molecule has 3 rings (SSSR count). The van der Waals surface area contributed by atoms with Gasteiger partial charge in [0.05, 0.1) is 6.54 Å². The second kappa shape index (κ2) is 6.06. The number of hydrogen-bond donors (Lipinski definition) is 0. The Morgan fingerprint density at radius 1 is 1.19 bits per heavy atom. The Morgan fingerprint density at radius 3 is 2.52 bits per heavy atom. The van der Waals surface area contributed by atoms with E-state index in [9.17, 15) is 4.79 Å². The van der Waals surface area contributed by atoms with Gasteiger partial charge in [-0.2, -0.15) is 4.99 Å². The van der Waals surface area contributed by atoms with Gasteiger partial charge in [-0.05, 0) is 37.1 Å². The van der Waals surface area contributed by atoms with Crippen LogP contribution in [0.1, 0.15) is 32.1 Å². The lowest BCUT2D eigenvalue weighted by molar-refractivity contribution is 0.256. The third kappa shape index (κ3) is 3.05. The molecule has 1 heterocycles. The summed E-state index contributed by atoms with van der Waals surface area (Å²) in [4.78, 5) is 20.3. The van der Waals surface area contributed by atoms with Gasteiger partial charge in [-0.3, -0.25) is 4.90 Å². The predicted molar refractivity (Wildman–Crippen MR) is 86.3 cm³/mol. The summed E-state index contributed by atoms with van der Waals surface area (Å²) in [5, 5.41) is 0.672. The van der Waals surface area contributed by atoms with E-state index in [-0.39, 0.29) is 6.03 Å². The molecule has 0 atom stereocenters. The van der Waals surface area contributed by atoms with Crippen LogP contribution in [0.25, 0.3) is 0 Å². The van der Waals surface area contributed by atoms with Gasteiger partial charge < -0.3 is 4.90 Å². The molecule has 0 saturated heterocycles. The molecule has 4 nitrogen and oxygen atoms in total. The van der Waals surface area contributed by atoms with Crippen molar-refractivity contribution in [3.05, 3.63) is 29.3 Å². The fourth-order valence-electron chi connectivity index (χ4n) is 3.11. The number of aliphatic imine (C=N–C) groups is 1. The van der Waals surface area contributed by atoms with E-state index in [0.29, 0.717) is 17.6 Å². The van der Waals surface area contributed by atoms with E-state index in [1.54, 1.807) is 17.0 Å². The van der Waals surface area contributed by atoms with Crippen LogP contribution < -0.4 is 4.90 Å². The normalized spacial score (nSPS) is 19.8. The molecule has 1 aromatic rings. The Kier molecular flexibility index (Phi) is 4.15. The third-order valence-electron chi connectivity index (χ3n) is 4.42. The maximum absolute atomic E-state index is 12.1. The van der Waals surface area contributed by atoms with E-state index >= 15 is 0 Å². The summed E-state index contributed by atoms with van der Waals surface area (Å²) in [6, 6.07) is 7.66. The number of carbonyl (C=O) groups is 1. The highest BCUT2D eigenvalue weighted by atomic mass is 35.5. The van der Waals surface area contributed by atoms with E-state index in [2.05, 4.69) is 16.9 Å². The summed E-state index contributed by atoms with van der Waals surface area (Å²) in [5.74, 6) is 0.877. The number of rotatable bonds is 2. The van der Waals surface area contributed by atoms with Gasteiger partial charge in [0, 0.05) is 23.8 Å². The molecule has 0 spiro atoms. The topological polar surface area (TPSA) is 35.9 Å². The Bertz CT molecular complexity index is 549. The molecule has 0 bridgehead atoms. The van der Waals surface area contributed by atoms with E-state index in [1.165, 1.54) is 32.1 Å². The van der Waals surface area contributed by atoms with Crippen LogP contribution in [0.2, 0.25) is 5.02 Å². The van der Waals surface area contributed by atoms with Crippen LogP contribution in [0.15, 0.2) is 29.3 Å². The van der Waals surface area contributed by atoms with Crippen molar-refractivity contribution >= 4 is 29.2 Å². The predicted octanol–water partition coefficient (Wildman–Crippen LogP) is 3.94. The van der Waals surface area contributed by atoms with Crippen LogP contribution in [0.4, 0.5) is 10.5 Å². The van der Waals surface area contributed by atoms with Crippen molar-refractivity contribution in [2.75, 3.05) is 18.5 Å². The number of anilines is 1. The van der Waals surface area contributed by atoms with Gasteiger partial charge in [-0.15, -0.1) is 0 Å². The van der Waals surface area contributed by atoms with Crippen molar-refractivity contribution in [2.45, 2.75) is 38.1 Å². The molecule has 0 N–H and O–H groups in total. The summed E-state index contributed by atoms with van der Waals surface area (Å²) in [6.45, 7) is 0.549. The molecule has 5 heteroatoms. The van der Waals surface area contributed by atoms with Crippen LogP contribution in [0, 0.1) is 0 Å². The quantitative estimate of drug-likeness (QED) is 0.829. The molecule has 1 saturated carbocycles. The summed E-state index contributed by atoms with van der Waals surface area (Å²) < 4.78 is 0. The van der Waals surface area contributed by atoms with Crippen LogP contribution in [-0.2, 0) is 0 Å². The average Bonchev–Trinajstić information content (AvgIpc) is 2.90. The Labute approximate surface area is 130 Å². The Hall–Kier alpha value is -1.55. The Balaban J connectivity index is 1.70. The van der Waals surface area contributed by atoms with E-state index < -0.39 is 0 Å². The number of amidine groups is 1. The summed E-state index contributed by atoms with van der Waals surface area (Å²) in [6.07, 6.45) is 6.27. The number of nitrogens with zero attached hydrogens (tertiary/aromatic N) is 3. The standard InChI is InChI=1S/C16H20ClN3O/c1-19(13-5-3-2-4-6-13)15-11-20(16(21)18-15)14-9-7-12(17)8-10-14/h7-10,13H,2-6,11H2,1H3. The molecule has 112 valence electrons. The average molecular weight is 306 g/mol. The van der Waals surface area contributed by atoms with E-state index in [4.69, 9.17) is 11.6 Å². The van der Waals surface area contributed by atoms with Gasteiger partial charge in [0.2, 0.25) is 0 Å².